The van der Waals surface area contributed by atoms with Gasteiger partial charge in [0.15, 0.2) is 11.5 Å². The number of hydrogen-bond donors (Lipinski definition) is 1. The molecule has 11 heteroatoms. The average Bonchev–Trinajstić information content (AvgIpc) is 3.28. The van der Waals surface area contributed by atoms with E-state index in [9.17, 15) is 18.0 Å². The minimum atomic E-state index is -3.83. The van der Waals surface area contributed by atoms with Crippen LogP contribution in [0.15, 0.2) is 42.5 Å². The minimum absolute atomic E-state index is 0.0352. The van der Waals surface area contributed by atoms with Crippen LogP contribution in [0.5, 0.6) is 11.5 Å². The molecule has 1 unspecified atom stereocenters. The Bertz CT molecular complexity index is 1140. The molecule has 1 aliphatic heterocycles. The lowest BCUT2D eigenvalue weighted by Crippen LogP contribution is -2.51. The zero-order valence-corrected chi connectivity index (χ0v) is 20.1. The van der Waals surface area contributed by atoms with Gasteiger partial charge in [0, 0.05) is 24.7 Å². The SMILES string of the molecule is CCS(=O)(=O)N(CC(=O)N(Cc1ccccc1Cl)C(C)C(=O)NC)c1ccc2c(c1)OCO2. The van der Waals surface area contributed by atoms with E-state index in [0.29, 0.717) is 22.1 Å². The number of anilines is 1. The number of likely N-dealkylation sites (N-methyl/N-ethyl adjacent to an activating group) is 1. The first-order chi connectivity index (χ1) is 15.7. The lowest BCUT2D eigenvalue weighted by atomic mass is 10.1. The molecule has 0 aromatic heterocycles. The van der Waals surface area contributed by atoms with E-state index in [4.69, 9.17) is 21.1 Å². The van der Waals surface area contributed by atoms with Gasteiger partial charge in [-0.15, -0.1) is 0 Å². The maximum Gasteiger partial charge on any atom is 0.244 e. The van der Waals surface area contributed by atoms with Crippen LogP contribution in [0.2, 0.25) is 5.02 Å². The summed E-state index contributed by atoms with van der Waals surface area (Å²) in [4.78, 5) is 27.1. The van der Waals surface area contributed by atoms with Gasteiger partial charge in [0.25, 0.3) is 0 Å². The maximum atomic E-state index is 13.4. The van der Waals surface area contributed by atoms with Crippen LogP contribution in [0.4, 0.5) is 5.69 Å². The van der Waals surface area contributed by atoms with Crippen LogP contribution in [-0.2, 0) is 26.2 Å². The number of halogens is 1. The van der Waals surface area contributed by atoms with E-state index in [0.717, 1.165) is 4.31 Å². The van der Waals surface area contributed by atoms with Crippen LogP contribution in [0.3, 0.4) is 0 Å². The minimum Gasteiger partial charge on any atom is -0.454 e. The van der Waals surface area contributed by atoms with E-state index < -0.39 is 28.5 Å². The highest BCUT2D eigenvalue weighted by Crippen LogP contribution is 2.36. The van der Waals surface area contributed by atoms with Crippen molar-refractivity contribution in [1.82, 2.24) is 10.2 Å². The van der Waals surface area contributed by atoms with Gasteiger partial charge >= 0.3 is 0 Å². The van der Waals surface area contributed by atoms with Gasteiger partial charge in [-0.25, -0.2) is 8.42 Å². The topological polar surface area (TPSA) is 105 Å². The number of carbonyl (C=O) groups excluding carboxylic acids is 2. The number of rotatable bonds is 9. The molecule has 0 saturated carbocycles. The summed E-state index contributed by atoms with van der Waals surface area (Å²) in [5, 5.41) is 2.97. The Morgan fingerprint density at radius 1 is 1.15 bits per heavy atom. The van der Waals surface area contributed by atoms with Crippen LogP contribution in [-0.4, -0.2) is 57.3 Å². The second-order valence-electron chi connectivity index (χ2n) is 7.35. The summed E-state index contributed by atoms with van der Waals surface area (Å²) in [5.41, 5.74) is 0.899. The summed E-state index contributed by atoms with van der Waals surface area (Å²) in [6.45, 7) is 2.64. The molecular weight excluding hydrogens is 470 g/mol. The lowest BCUT2D eigenvalue weighted by Gasteiger charge is -2.31. The third kappa shape index (κ3) is 5.51. The second kappa shape index (κ2) is 10.3. The molecule has 0 spiro atoms. The molecule has 0 saturated heterocycles. The zero-order valence-electron chi connectivity index (χ0n) is 18.6. The fourth-order valence-corrected chi connectivity index (χ4v) is 4.61. The number of carbonyl (C=O) groups is 2. The molecule has 1 aliphatic rings. The Morgan fingerprint density at radius 2 is 1.85 bits per heavy atom. The van der Waals surface area contributed by atoms with Crippen LogP contribution in [0.1, 0.15) is 19.4 Å². The van der Waals surface area contributed by atoms with Crippen molar-refractivity contribution in [2.75, 3.05) is 30.4 Å². The number of benzene rings is 2. The summed E-state index contributed by atoms with van der Waals surface area (Å²) in [6, 6.07) is 10.8. The van der Waals surface area contributed by atoms with Crippen molar-refractivity contribution in [2.24, 2.45) is 0 Å². The summed E-state index contributed by atoms with van der Waals surface area (Å²) in [6.07, 6.45) is 0. The van der Waals surface area contributed by atoms with Crippen molar-refractivity contribution in [1.29, 1.82) is 0 Å². The summed E-state index contributed by atoms with van der Waals surface area (Å²) in [5.74, 6) is -0.274. The summed E-state index contributed by atoms with van der Waals surface area (Å²) >= 11 is 6.27. The number of amides is 2. The molecule has 178 valence electrons. The number of hydrogen-bond acceptors (Lipinski definition) is 6. The van der Waals surface area contributed by atoms with Gasteiger partial charge in [-0.3, -0.25) is 13.9 Å². The molecule has 0 radical (unpaired) electrons. The smallest absolute Gasteiger partial charge is 0.244 e. The zero-order chi connectivity index (χ0) is 24.2. The standard InChI is InChI=1S/C22H26ClN3O6S/c1-4-33(29,30)26(17-9-10-19-20(11-17)32-14-31-19)13-21(27)25(15(2)22(28)24-3)12-16-7-5-6-8-18(16)23/h5-11,15H,4,12-14H2,1-3H3,(H,24,28). The van der Waals surface area contributed by atoms with E-state index in [1.54, 1.807) is 43.3 Å². The molecule has 33 heavy (non-hydrogen) atoms. The molecule has 2 aromatic rings. The predicted octanol–water partition coefficient (Wildman–Crippen LogP) is 2.39. The summed E-state index contributed by atoms with van der Waals surface area (Å²) in [7, 11) is -2.36. The van der Waals surface area contributed by atoms with Gasteiger partial charge in [-0.2, -0.15) is 0 Å². The van der Waals surface area contributed by atoms with Gasteiger partial charge < -0.3 is 19.7 Å². The molecule has 1 atom stereocenters. The van der Waals surface area contributed by atoms with Gasteiger partial charge in [0.2, 0.25) is 28.6 Å². The first-order valence-electron chi connectivity index (χ1n) is 10.3. The van der Waals surface area contributed by atoms with Crippen molar-refractivity contribution >= 4 is 39.1 Å². The van der Waals surface area contributed by atoms with E-state index in [1.807, 2.05) is 0 Å². The molecule has 0 bridgehead atoms. The predicted molar refractivity (Wildman–Crippen MR) is 125 cm³/mol. The van der Waals surface area contributed by atoms with Gasteiger partial charge in [0.05, 0.1) is 11.4 Å². The Hall–Kier alpha value is -2.98. The Balaban J connectivity index is 1.95. The monoisotopic (exact) mass is 495 g/mol. The molecule has 0 aliphatic carbocycles. The van der Waals surface area contributed by atoms with Crippen LogP contribution >= 0.6 is 11.6 Å². The highest BCUT2D eigenvalue weighted by Gasteiger charge is 2.31. The fraction of sp³-hybridized carbons (Fsp3) is 0.364. The van der Waals surface area contributed by atoms with E-state index >= 15 is 0 Å². The van der Waals surface area contributed by atoms with Crippen molar-refractivity contribution in [3.63, 3.8) is 0 Å². The van der Waals surface area contributed by atoms with Crippen molar-refractivity contribution in [2.45, 2.75) is 26.4 Å². The fourth-order valence-electron chi connectivity index (χ4n) is 3.36. The quantitative estimate of drug-likeness (QED) is 0.572. The van der Waals surface area contributed by atoms with Gasteiger partial charge in [-0.1, -0.05) is 29.8 Å². The Labute approximate surface area is 198 Å². The molecule has 9 nitrogen and oxygen atoms in total. The first-order valence-corrected chi connectivity index (χ1v) is 12.3. The number of fused-ring (bicyclic) bond motifs is 1. The highest BCUT2D eigenvalue weighted by molar-refractivity contribution is 7.92. The first kappa shape index (κ1) is 24.7. The normalized spacial score (nSPS) is 13.3. The average molecular weight is 496 g/mol. The van der Waals surface area contributed by atoms with Gasteiger partial charge in [0.1, 0.15) is 12.6 Å². The third-order valence-electron chi connectivity index (χ3n) is 5.34. The molecule has 1 heterocycles. The molecule has 3 rings (SSSR count). The van der Waals surface area contributed by atoms with E-state index in [1.165, 1.54) is 24.9 Å². The highest BCUT2D eigenvalue weighted by atomic mass is 35.5. The molecule has 2 amide bonds. The Morgan fingerprint density at radius 3 is 2.52 bits per heavy atom. The number of nitrogens with one attached hydrogen (secondary N) is 1. The number of sulfonamides is 1. The van der Waals surface area contributed by atoms with Crippen LogP contribution in [0, 0.1) is 0 Å². The van der Waals surface area contributed by atoms with Crippen molar-refractivity contribution in [3.05, 3.63) is 53.1 Å². The number of ether oxygens (including phenoxy) is 2. The largest absolute Gasteiger partial charge is 0.454 e. The van der Waals surface area contributed by atoms with E-state index in [2.05, 4.69) is 5.32 Å². The molecule has 0 fully saturated rings. The maximum absolute atomic E-state index is 13.4. The van der Waals surface area contributed by atoms with E-state index in [-0.39, 0.29) is 30.7 Å². The second-order valence-corrected chi connectivity index (χ2v) is 9.94. The van der Waals surface area contributed by atoms with Crippen molar-refractivity contribution < 1.29 is 27.5 Å². The van der Waals surface area contributed by atoms with Gasteiger partial charge in [-0.05, 0) is 37.6 Å². The molecule has 2 aromatic carbocycles. The van der Waals surface area contributed by atoms with Crippen molar-refractivity contribution in [3.8, 4) is 11.5 Å². The third-order valence-corrected chi connectivity index (χ3v) is 7.45. The molecular formula is C22H26ClN3O6S. The van der Waals surface area contributed by atoms with Crippen LogP contribution < -0.4 is 19.1 Å². The lowest BCUT2D eigenvalue weighted by molar-refractivity contribution is -0.139. The Kier molecular flexibility index (Phi) is 7.70. The van der Waals surface area contributed by atoms with Crippen LogP contribution in [0.25, 0.3) is 0 Å². The molecule has 1 N–H and O–H groups in total. The summed E-state index contributed by atoms with van der Waals surface area (Å²) < 4.78 is 37.5. The number of nitrogens with zero attached hydrogens (tertiary/aromatic N) is 2.